The van der Waals surface area contributed by atoms with Gasteiger partial charge in [0.05, 0.1) is 5.02 Å². The fraction of sp³-hybridized carbons (Fsp3) is 0.625. The summed E-state index contributed by atoms with van der Waals surface area (Å²) in [4.78, 5) is 0. The van der Waals surface area contributed by atoms with Crippen molar-refractivity contribution in [1.82, 2.24) is 5.32 Å². The average molecular weight is 286 g/mol. The molecule has 0 saturated heterocycles. The predicted molar refractivity (Wildman–Crippen MR) is 81.3 cm³/mol. The van der Waals surface area contributed by atoms with Crippen LogP contribution in [0.2, 0.25) is 5.02 Å². The molecule has 1 N–H and O–H groups in total. The Morgan fingerprint density at radius 1 is 1.26 bits per heavy atom. The lowest BCUT2D eigenvalue weighted by Gasteiger charge is -2.25. The highest BCUT2D eigenvalue weighted by Gasteiger charge is 2.16. The summed E-state index contributed by atoms with van der Waals surface area (Å²) in [6.45, 7) is 7.64. The van der Waals surface area contributed by atoms with Crippen LogP contribution in [-0.4, -0.2) is 12.6 Å². The maximum Gasteiger partial charge on any atom is 0.142 e. The van der Waals surface area contributed by atoms with E-state index in [4.69, 9.17) is 11.6 Å². The van der Waals surface area contributed by atoms with Crippen LogP contribution in [0.4, 0.5) is 4.39 Å². The number of hydrogen-bond donors (Lipinski definition) is 1. The van der Waals surface area contributed by atoms with Crippen molar-refractivity contribution in [3.63, 3.8) is 0 Å². The van der Waals surface area contributed by atoms with Crippen LogP contribution in [0.25, 0.3) is 0 Å². The van der Waals surface area contributed by atoms with Gasteiger partial charge in [0.1, 0.15) is 5.82 Å². The number of nitrogens with one attached hydrogen (secondary N) is 1. The molecule has 0 aliphatic carbocycles. The van der Waals surface area contributed by atoms with E-state index in [1.54, 1.807) is 12.1 Å². The molecule has 0 saturated carbocycles. The SMILES string of the molecule is CCCNC(Cc1ccc(Cl)c(F)c1)C(C)CCC. The Morgan fingerprint density at radius 3 is 2.58 bits per heavy atom. The molecule has 1 aromatic rings. The molecule has 1 nitrogen and oxygen atoms in total. The largest absolute Gasteiger partial charge is 0.313 e. The second-order valence-corrected chi connectivity index (χ2v) is 5.69. The van der Waals surface area contributed by atoms with Crippen molar-refractivity contribution in [3.8, 4) is 0 Å². The molecule has 0 aliphatic rings. The normalized spacial score (nSPS) is 14.4. The van der Waals surface area contributed by atoms with Gasteiger partial charge in [-0.3, -0.25) is 0 Å². The first-order chi connectivity index (χ1) is 9.08. The predicted octanol–water partition coefficient (Wildman–Crippen LogP) is 4.83. The lowest BCUT2D eigenvalue weighted by molar-refractivity contribution is 0.352. The molecule has 0 amide bonds. The summed E-state index contributed by atoms with van der Waals surface area (Å²) in [5, 5.41) is 3.78. The molecule has 0 spiro atoms. The van der Waals surface area contributed by atoms with Crippen LogP contribution in [0.3, 0.4) is 0 Å². The summed E-state index contributed by atoms with van der Waals surface area (Å²) < 4.78 is 13.5. The Balaban J connectivity index is 2.71. The molecule has 1 rings (SSSR count). The van der Waals surface area contributed by atoms with Crippen molar-refractivity contribution in [3.05, 3.63) is 34.6 Å². The third kappa shape index (κ3) is 5.50. The van der Waals surface area contributed by atoms with Crippen LogP contribution in [0.1, 0.15) is 45.6 Å². The van der Waals surface area contributed by atoms with Gasteiger partial charge in [-0.25, -0.2) is 4.39 Å². The van der Waals surface area contributed by atoms with Gasteiger partial charge in [0.15, 0.2) is 0 Å². The Hall–Kier alpha value is -0.600. The summed E-state index contributed by atoms with van der Waals surface area (Å²) in [5.74, 6) is 0.270. The third-order valence-corrected chi connectivity index (χ3v) is 3.83. The second kappa shape index (κ2) is 8.55. The zero-order valence-corrected chi connectivity index (χ0v) is 12.9. The Morgan fingerprint density at radius 2 is 2.00 bits per heavy atom. The molecule has 2 unspecified atom stereocenters. The molecule has 3 heteroatoms. The highest BCUT2D eigenvalue weighted by atomic mass is 35.5. The van der Waals surface area contributed by atoms with E-state index in [1.807, 2.05) is 6.07 Å². The lowest BCUT2D eigenvalue weighted by Crippen LogP contribution is -2.37. The molecule has 0 radical (unpaired) electrons. The molecule has 19 heavy (non-hydrogen) atoms. The third-order valence-electron chi connectivity index (χ3n) is 3.53. The zero-order valence-electron chi connectivity index (χ0n) is 12.2. The van der Waals surface area contributed by atoms with E-state index in [9.17, 15) is 4.39 Å². The minimum absolute atomic E-state index is 0.198. The summed E-state index contributed by atoms with van der Waals surface area (Å²) in [7, 11) is 0. The van der Waals surface area contributed by atoms with Crippen molar-refractivity contribution in [2.75, 3.05) is 6.54 Å². The van der Waals surface area contributed by atoms with E-state index < -0.39 is 0 Å². The smallest absolute Gasteiger partial charge is 0.142 e. The van der Waals surface area contributed by atoms with Crippen LogP contribution < -0.4 is 5.32 Å². The molecule has 1 aromatic carbocycles. The van der Waals surface area contributed by atoms with Gasteiger partial charge in [-0.05, 0) is 49.4 Å². The molecule has 0 fully saturated rings. The van der Waals surface area contributed by atoms with Crippen molar-refractivity contribution in [2.24, 2.45) is 5.92 Å². The highest BCUT2D eigenvalue weighted by molar-refractivity contribution is 6.30. The van der Waals surface area contributed by atoms with Gasteiger partial charge in [-0.15, -0.1) is 0 Å². The summed E-state index contributed by atoms with van der Waals surface area (Å²) in [6, 6.07) is 5.53. The van der Waals surface area contributed by atoms with Gasteiger partial charge >= 0.3 is 0 Å². The Kier molecular flexibility index (Phi) is 7.40. The standard InChI is InChI=1S/C16H25ClFN/c1-4-6-12(3)16(19-9-5-2)11-13-7-8-14(17)15(18)10-13/h7-8,10,12,16,19H,4-6,9,11H2,1-3H3. The molecule has 0 bridgehead atoms. The van der Waals surface area contributed by atoms with E-state index in [0.29, 0.717) is 12.0 Å². The van der Waals surface area contributed by atoms with Gasteiger partial charge in [-0.2, -0.15) is 0 Å². The summed E-state index contributed by atoms with van der Waals surface area (Å²) in [6.07, 6.45) is 4.34. The first kappa shape index (κ1) is 16.5. The van der Waals surface area contributed by atoms with Crippen molar-refractivity contribution < 1.29 is 4.39 Å². The molecule has 2 atom stereocenters. The van der Waals surface area contributed by atoms with Crippen LogP contribution in [0.5, 0.6) is 0 Å². The monoisotopic (exact) mass is 285 g/mol. The Labute approximate surface area is 121 Å². The van der Waals surface area contributed by atoms with Crippen molar-refractivity contribution in [2.45, 2.75) is 52.5 Å². The van der Waals surface area contributed by atoms with Crippen molar-refractivity contribution in [1.29, 1.82) is 0 Å². The quantitative estimate of drug-likeness (QED) is 0.722. The average Bonchev–Trinajstić information content (AvgIpc) is 2.39. The minimum Gasteiger partial charge on any atom is -0.313 e. The van der Waals surface area contributed by atoms with Crippen molar-refractivity contribution >= 4 is 11.6 Å². The van der Waals surface area contributed by atoms with Crippen LogP contribution in [-0.2, 0) is 6.42 Å². The van der Waals surface area contributed by atoms with E-state index in [0.717, 1.165) is 24.9 Å². The number of halogens is 2. The highest BCUT2D eigenvalue weighted by Crippen LogP contribution is 2.20. The van der Waals surface area contributed by atoms with Crippen LogP contribution in [0, 0.1) is 11.7 Å². The fourth-order valence-electron chi connectivity index (χ4n) is 2.38. The van der Waals surface area contributed by atoms with E-state index >= 15 is 0 Å². The number of benzene rings is 1. The van der Waals surface area contributed by atoms with Crippen LogP contribution in [0.15, 0.2) is 18.2 Å². The first-order valence-corrected chi connectivity index (χ1v) is 7.63. The maximum atomic E-state index is 13.5. The van der Waals surface area contributed by atoms with E-state index in [1.165, 1.54) is 12.8 Å². The fourth-order valence-corrected chi connectivity index (χ4v) is 2.50. The van der Waals surface area contributed by atoms with Gasteiger partial charge in [-0.1, -0.05) is 44.9 Å². The molecule has 0 aliphatic heterocycles. The molecule has 0 heterocycles. The maximum absolute atomic E-state index is 13.5. The molecule has 108 valence electrons. The van der Waals surface area contributed by atoms with E-state index in [-0.39, 0.29) is 10.8 Å². The zero-order chi connectivity index (χ0) is 14.3. The summed E-state index contributed by atoms with van der Waals surface area (Å²) in [5.41, 5.74) is 1.01. The summed E-state index contributed by atoms with van der Waals surface area (Å²) >= 11 is 5.72. The number of hydrogen-bond acceptors (Lipinski definition) is 1. The van der Waals surface area contributed by atoms with Gasteiger partial charge in [0.2, 0.25) is 0 Å². The van der Waals surface area contributed by atoms with Gasteiger partial charge in [0.25, 0.3) is 0 Å². The van der Waals surface area contributed by atoms with Crippen LogP contribution >= 0.6 is 11.6 Å². The van der Waals surface area contributed by atoms with Gasteiger partial charge in [0, 0.05) is 6.04 Å². The minimum atomic E-state index is -0.323. The molecular formula is C16H25ClFN. The lowest BCUT2D eigenvalue weighted by atomic mass is 9.91. The van der Waals surface area contributed by atoms with E-state index in [2.05, 4.69) is 26.1 Å². The molecular weight excluding hydrogens is 261 g/mol. The number of rotatable bonds is 8. The topological polar surface area (TPSA) is 12.0 Å². The Bertz CT molecular complexity index is 381. The second-order valence-electron chi connectivity index (χ2n) is 5.28. The first-order valence-electron chi connectivity index (χ1n) is 7.25. The molecule has 0 aromatic heterocycles. The van der Waals surface area contributed by atoms with Gasteiger partial charge < -0.3 is 5.32 Å².